The highest BCUT2D eigenvalue weighted by Gasteiger charge is 2.44. The van der Waals surface area contributed by atoms with Crippen LogP contribution in [0.5, 0.6) is 0 Å². The Kier molecular flexibility index (Phi) is 7.14. The van der Waals surface area contributed by atoms with E-state index in [0.717, 1.165) is 42.5 Å². The van der Waals surface area contributed by atoms with E-state index in [-0.39, 0.29) is 11.8 Å². The molecule has 1 aromatic heterocycles. The first-order valence-corrected chi connectivity index (χ1v) is 11.3. The van der Waals surface area contributed by atoms with Crippen LogP contribution in [0.25, 0.3) is 11.1 Å². The Labute approximate surface area is 186 Å². The number of rotatable bonds is 6. The molecule has 0 saturated carbocycles. The number of carbonyl (C=O) groups is 2. The van der Waals surface area contributed by atoms with E-state index in [2.05, 4.69) is 41.5 Å². The van der Waals surface area contributed by atoms with E-state index in [1.165, 1.54) is 0 Å². The minimum Gasteiger partial charge on any atom is -0.356 e. The molecule has 1 saturated heterocycles. The fourth-order valence-electron chi connectivity index (χ4n) is 4.37. The summed E-state index contributed by atoms with van der Waals surface area (Å²) in [5.41, 5.74) is 2.33. The monoisotopic (exact) mass is 421 g/mol. The molecule has 1 aliphatic rings. The highest BCUT2D eigenvalue weighted by molar-refractivity contribution is 5.86. The van der Waals surface area contributed by atoms with Crippen LogP contribution in [0.4, 0.5) is 0 Å². The van der Waals surface area contributed by atoms with Gasteiger partial charge in [-0.1, -0.05) is 52.0 Å². The number of amides is 2. The highest BCUT2D eigenvalue weighted by atomic mass is 16.2. The third-order valence-corrected chi connectivity index (χ3v) is 6.03. The zero-order valence-corrected chi connectivity index (χ0v) is 19.3. The molecule has 0 unspecified atom stereocenters. The van der Waals surface area contributed by atoms with Crippen LogP contribution in [0, 0.1) is 10.8 Å². The largest absolute Gasteiger partial charge is 0.356 e. The minimum absolute atomic E-state index is 0.0685. The van der Waals surface area contributed by atoms with Crippen molar-refractivity contribution in [2.24, 2.45) is 10.8 Å². The molecule has 1 fully saturated rings. The Hall–Kier alpha value is -2.69. The number of aromatic nitrogens is 1. The predicted octanol–water partition coefficient (Wildman–Crippen LogP) is 4.47. The Morgan fingerprint density at radius 2 is 1.71 bits per heavy atom. The van der Waals surface area contributed by atoms with E-state index in [1.807, 2.05) is 37.8 Å². The average Bonchev–Trinajstić information content (AvgIpc) is 2.77. The van der Waals surface area contributed by atoms with E-state index in [4.69, 9.17) is 0 Å². The molecular formula is C26H35N3O2. The molecule has 1 aliphatic heterocycles. The van der Waals surface area contributed by atoms with Crippen molar-refractivity contribution in [2.45, 2.75) is 53.4 Å². The Balaban J connectivity index is 1.85. The Bertz CT molecular complexity index is 887. The van der Waals surface area contributed by atoms with Gasteiger partial charge in [-0.15, -0.1) is 0 Å². The third kappa shape index (κ3) is 5.52. The lowest BCUT2D eigenvalue weighted by Crippen LogP contribution is -2.56. The van der Waals surface area contributed by atoms with Crippen LogP contribution in [0.2, 0.25) is 0 Å². The van der Waals surface area contributed by atoms with Crippen molar-refractivity contribution < 1.29 is 9.59 Å². The van der Waals surface area contributed by atoms with Crippen LogP contribution in [0.3, 0.4) is 0 Å². The first-order valence-electron chi connectivity index (χ1n) is 11.3. The fraction of sp³-hybridized carbons (Fsp3) is 0.500. The predicted molar refractivity (Wildman–Crippen MR) is 124 cm³/mol. The van der Waals surface area contributed by atoms with Gasteiger partial charge in [-0.3, -0.25) is 14.6 Å². The normalized spacial score (nSPS) is 19.2. The van der Waals surface area contributed by atoms with Gasteiger partial charge in [0.1, 0.15) is 0 Å². The molecule has 2 heterocycles. The second-order valence-electron chi connectivity index (χ2n) is 9.73. The maximum atomic E-state index is 13.3. The van der Waals surface area contributed by atoms with Crippen molar-refractivity contribution in [2.75, 3.05) is 19.6 Å². The van der Waals surface area contributed by atoms with Crippen LogP contribution in [0.1, 0.15) is 52.5 Å². The van der Waals surface area contributed by atoms with Crippen molar-refractivity contribution in [3.63, 3.8) is 0 Å². The number of nitrogens with one attached hydrogen (secondary N) is 1. The van der Waals surface area contributed by atoms with Crippen LogP contribution < -0.4 is 5.32 Å². The van der Waals surface area contributed by atoms with Gasteiger partial charge in [0.15, 0.2) is 0 Å². The van der Waals surface area contributed by atoms with Gasteiger partial charge in [-0.2, -0.15) is 0 Å². The van der Waals surface area contributed by atoms with E-state index < -0.39 is 10.8 Å². The standard InChI is InChI=1S/C26H35N3O2/c1-5-14-28-23(30)26(13-6-17-29(19-26)24(31)25(2,3)4)18-20-7-9-21(10-8-20)22-11-15-27-16-12-22/h7-12,15-16H,5-6,13-14,17-19H2,1-4H3,(H,28,30)/t26-/m1/s1. The summed E-state index contributed by atoms with van der Waals surface area (Å²) >= 11 is 0. The summed E-state index contributed by atoms with van der Waals surface area (Å²) in [4.78, 5) is 32.3. The molecule has 2 amide bonds. The summed E-state index contributed by atoms with van der Waals surface area (Å²) in [7, 11) is 0. The van der Waals surface area contributed by atoms with E-state index >= 15 is 0 Å². The fourth-order valence-corrected chi connectivity index (χ4v) is 4.37. The first kappa shape index (κ1) is 23.0. The summed E-state index contributed by atoms with van der Waals surface area (Å²) in [5, 5.41) is 3.11. The second kappa shape index (κ2) is 9.63. The summed E-state index contributed by atoms with van der Waals surface area (Å²) in [5.74, 6) is 0.187. The number of nitrogens with zero attached hydrogens (tertiary/aromatic N) is 2. The maximum absolute atomic E-state index is 13.3. The van der Waals surface area contributed by atoms with Crippen LogP contribution in [0.15, 0.2) is 48.8 Å². The van der Waals surface area contributed by atoms with Gasteiger partial charge >= 0.3 is 0 Å². The second-order valence-corrected chi connectivity index (χ2v) is 9.73. The first-order chi connectivity index (χ1) is 14.7. The molecule has 5 heteroatoms. The summed E-state index contributed by atoms with van der Waals surface area (Å²) < 4.78 is 0. The number of pyridine rings is 1. The highest BCUT2D eigenvalue weighted by Crippen LogP contribution is 2.36. The molecule has 1 N–H and O–H groups in total. The van der Waals surface area contributed by atoms with Gasteiger partial charge in [0.05, 0.1) is 5.41 Å². The molecule has 0 aliphatic carbocycles. The van der Waals surface area contributed by atoms with Gasteiger partial charge in [0.25, 0.3) is 0 Å². The van der Waals surface area contributed by atoms with Crippen molar-refractivity contribution in [3.8, 4) is 11.1 Å². The lowest BCUT2D eigenvalue weighted by Gasteiger charge is -2.43. The molecule has 1 atom stereocenters. The molecule has 166 valence electrons. The molecule has 5 nitrogen and oxygen atoms in total. The molecule has 1 aromatic carbocycles. The molecule has 2 aromatic rings. The summed E-state index contributed by atoms with van der Waals surface area (Å²) in [6, 6.07) is 12.4. The van der Waals surface area contributed by atoms with Crippen molar-refractivity contribution in [1.29, 1.82) is 0 Å². The lowest BCUT2D eigenvalue weighted by atomic mass is 9.73. The number of likely N-dealkylation sites (tertiary alicyclic amines) is 1. The SMILES string of the molecule is CCCNC(=O)[C@@]1(Cc2ccc(-c3ccncc3)cc2)CCCN(C(=O)C(C)(C)C)C1. The summed E-state index contributed by atoms with van der Waals surface area (Å²) in [6.07, 6.45) is 6.75. The van der Waals surface area contributed by atoms with E-state index in [0.29, 0.717) is 19.5 Å². The summed E-state index contributed by atoms with van der Waals surface area (Å²) in [6.45, 7) is 9.75. The number of hydrogen-bond acceptors (Lipinski definition) is 3. The van der Waals surface area contributed by atoms with Gasteiger partial charge in [0, 0.05) is 37.4 Å². The van der Waals surface area contributed by atoms with Gasteiger partial charge in [-0.25, -0.2) is 0 Å². The quantitative estimate of drug-likeness (QED) is 0.748. The van der Waals surface area contributed by atoms with E-state index in [1.54, 1.807) is 12.4 Å². The molecule has 31 heavy (non-hydrogen) atoms. The van der Waals surface area contributed by atoms with Crippen LogP contribution in [-0.4, -0.2) is 41.3 Å². The third-order valence-electron chi connectivity index (χ3n) is 6.03. The number of hydrogen-bond donors (Lipinski definition) is 1. The Morgan fingerprint density at radius 1 is 1.06 bits per heavy atom. The molecule has 3 rings (SSSR count). The lowest BCUT2D eigenvalue weighted by molar-refractivity contribution is -0.147. The zero-order valence-electron chi connectivity index (χ0n) is 19.3. The number of piperidine rings is 1. The molecular weight excluding hydrogens is 386 g/mol. The van der Waals surface area contributed by atoms with Crippen molar-refractivity contribution >= 4 is 11.8 Å². The molecule has 0 bridgehead atoms. The number of carbonyl (C=O) groups excluding carboxylic acids is 2. The topological polar surface area (TPSA) is 62.3 Å². The van der Waals surface area contributed by atoms with Gasteiger partial charge in [0.2, 0.25) is 11.8 Å². The van der Waals surface area contributed by atoms with Crippen molar-refractivity contribution in [1.82, 2.24) is 15.2 Å². The van der Waals surface area contributed by atoms with E-state index in [9.17, 15) is 9.59 Å². The van der Waals surface area contributed by atoms with Gasteiger partial charge in [-0.05, 0) is 54.5 Å². The molecule has 0 spiro atoms. The number of benzene rings is 1. The molecule has 0 radical (unpaired) electrons. The maximum Gasteiger partial charge on any atom is 0.228 e. The average molecular weight is 422 g/mol. The smallest absolute Gasteiger partial charge is 0.228 e. The van der Waals surface area contributed by atoms with Crippen LogP contribution >= 0.6 is 0 Å². The van der Waals surface area contributed by atoms with Crippen molar-refractivity contribution in [3.05, 3.63) is 54.4 Å². The minimum atomic E-state index is -0.591. The van der Waals surface area contributed by atoms with Crippen LogP contribution in [-0.2, 0) is 16.0 Å². The van der Waals surface area contributed by atoms with Gasteiger partial charge < -0.3 is 10.2 Å². The Morgan fingerprint density at radius 3 is 2.32 bits per heavy atom. The zero-order chi connectivity index (χ0) is 22.5.